The average Bonchev–Trinajstić information content (AvgIpc) is 3.20. The topological polar surface area (TPSA) is 68.5 Å². The van der Waals surface area contributed by atoms with Gasteiger partial charge >= 0.3 is 0 Å². The molecule has 0 bridgehead atoms. The molecule has 0 unspecified atom stereocenters. The highest BCUT2D eigenvalue weighted by atomic mass is 19.1. The first-order valence-electron chi connectivity index (χ1n) is 9.21. The van der Waals surface area contributed by atoms with Crippen molar-refractivity contribution in [3.63, 3.8) is 0 Å². The fourth-order valence-electron chi connectivity index (χ4n) is 3.60. The number of rotatable bonds is 5. The zero-order valence-corrected chi connectivity index (χ0v) is 16.0. The molecule has 0 aromatic carbocycles. The molecule has 7 heteroatoms. The third-order valence-electron chi connectivity index (χ3n) is 4.81. The van der Waals surface area contributed by atoms with Crippen LogP contribution in [0.2, 0.25) is 0 Å². The molecular formula is C20H25FN6. The molecule has 3 heterocycles. The lowest BCUT2D eigenvalue weighted by atomic mass is 10.0. The molecule has 0 amide bonds. The number of anilines is 1. The number of nitrogens with zero attached hydrogens (tertiary/aromatic N) is 5. The van der Waals surface area contributed by atoms with Crippen LogP contribution >= 0.6 is 0 Å². The quantitative estimate of drug-likeness (QED) is 0.734. The van der Waals surface area contributed by atoms with E-state index in [0.29, 0.717) is 12.0 Å². The van der Waals surface area contributed by atoms with Crippen molar-refractivity contribution in [1.82, 2.24) is 24.5 Å². The van der Waals surface area contributed by atoms with E-state index in [4.69, 9.17) is 0 Å². The van der Waals surface area contributed by atoms with Crippen LogP contribution in [0.1, 0.15) is 50.9 Å². The molecule has 0 aliphatic heterocycles. The molecule has 142 valence electrons. The van der Waals surface area contributed by atoms with Crippen molar-refractivity contribution in [3.05, 3.63) is 47.2 Å². The zero-order chi connectivity index (χ0) is 19.1. The van der Waals surface area contributed by atoms with Crippen LogP contribution in [0.3, 0.4) is 0 Å². The first kappa shape index (κ1) is 17.6. The van der Waals surface area contributed by atoms with Crippen LogP contribution in [-0.2, 0) is 6.42 Å². The minimum atomic E-state index is -0.460. The molecule has 1 aliphatic rings. The first-order chi connectivity index (χ1) is 13.0. The Bertz CT molecular complexity index is 1040. The van der Waals surface area contributed by atoms with Gasteiger partial charge < -0.3 is 9.88 Å². The fraction of sp³-hybridized carbons (Fsp3) is 0.400. The van der Waals surface area contributed by atoms with Crippen LogP contribution in [0.4, 0.5) is 10.3 Å². The van der Waals surface area contributed by atoms with Gasteiger partial charge in [-0.3, -0.25) is 0 Å². The number of halogens is 1. The minimum absolute atomic E-state index is 0. The molecule has 3 aromatic rings. The van der Waals surface area contributed by atoms with E-state index in [2.05, 4.69) is 55.8 Å². The van der Waals surface area contributed by atoms with Crippen LogP contribution in [-0.4, -0.2) is 37.2 Å². The summed E-state index contributed by atoms with van der Waals surface area (Å²) >= 11 is 0. The predicted octanol–water partition coefficient (Wildman–Crippen LogP) is 4.11. The molecule has 4 rings (SSSR count). The van der Waals surface area contributed by atoms with Crippen molar-refractivity contribution in [3.8, 4) is 0 Å². The van der Waals surface area contributed by atoms with Crippen LogP contribution in [0.25, 0.3) is 16.7 Å². The van der Waals surface area contributed by atoms with Gasteiger partial charge in [0.2, 0.25) is 5.95 Å². The van der Waals surface area contributed by atoms with Crippen molar-refractivity contribution in [2.24, 2.45) is 0 Å². The molecule has 1 aliphatic carbocycles. The number of allylic oxidation sites excluding steroid dienone is 1. The van der Waals surface area contributed by atoms with Gasteiger partial charge in [-0.1, -0.05) is 6.08 Å². The number of alkyl halides is 1. The summed E-state index contributed by atoms with van der Waals surface area (Å²) in [5.41, 5.74) is 5.86. The molecule has 3 aromatic heterocycles. The van der Waals surface area contributed by atoms with E-state index < -0.39 is 6.67 Å². The zero-order valence-electron chi connectivity index (χ0n) is 16.0. The summed E-state index contributed by atoms with van der Waals surface area (Å²) in [5, 5.41) is 2.98. The third kappa shape index (κ3) is 3.07. The normalized spacial score (nSPS) is 14.5. The molecule has 0 saturated heterocycles. The second-order valence-corrected chi connectivity index (χ2v) is 7.27. The molecule has 27 heavy (non-hydrogen) atoms. The van der Waals surface area contributed by atoms with Crippen molar-refractivity contribution >= 4 is 22.7 Å². The maximum Gasteiger partial charge on any atom is 0.223 e. The Balaban J connectivity index is 0.00000225. The Labute approximate surface area is 159 Å². The Morgan fingerprint density at radius 2 is 2.04 bits per heavy atom. The van der Waals surface area contributed by atoms with E-state index in [1.807, 2.05) is 19.3 Å². The number of nitrogens with one attached hydrogen (secondary N) is 1. The third-order valence-corrected chi connectivity index (χ3v) is 4.81. The average molecular weight is 368 g/mol. The summed E-state index contributed by atoms with van der Waals surface area (Å²) in [6, 6.07) is 2.15. The number of aryl methyl sites for hydroxylation is 1. The molecule has 0 fully saturated rings. The van der Waals surface area contributed by atoms with Gasteiger partial charge in [0.15, 0.2) is 5.65 Å². The van der Waals surface area contributed by atoms with Crippen molar-refractivity contribution in [1.29, 1.82) is 0 Å². The maximum atomic E-state index is 12.7. The van der Waals surface area contributed by atoms with E-state index in [1.54, 1.807) is 6.92 Å². The van der Waals surface area contributed by atoms with Crippen LogP contribution in [0.15, 0.2) is 24.5 Å². The number of aromatic nitrogens is 5. The number of pyridine rings is 1. The van der Waals surface area contributed by atoms with E-state index in [9.17, 15) is 4.39 Å². The highest BCUT2D eigenvalue weighted by Gasteiger charge is 2.20. The lowest BCUT2D eigenvalue weighted by Gasteiger charge is -2.12. The fourth-order valence-corrected chi connectivity index (χ4v) is 3.60. The maximum absolute atomic E-state index is 12.7. The van der Waals surface area contributed by atoms with Crippen molar-refractivity contribution in [2.75, 3.05) is 12.0 Å². The van der Waals surface area contributed by atoms with Crippen LogP contribution in [0, 0.1) is 6.92 Å². The summed E-state index contributed by atoms with van der Waals surface area (Å²) in [4.78, 5) is 18.0. The smallest absolute Gasteiger partial charge is 0.223 e. The van der Waals surface area contributed by atoms with Gasteiger partial charge in [-0.15, -0.1) is 0 Å². The van der Waals surface area contributed by atoms with Gasteiger partial charge in [-0.05, 0) is 39.3 Å². The lowest BCUT2D eigenvalue weighted by molar-refractivity contribution is 0.459. The second-order valence-electron chi connectivity index (χ2n) is 7.27. The van der Waals surface area contributed by atoms with Crippen LogP contribution < -0.4 is 5.32 Å². The van der Waals surface area contributed by atoms with Gasteiger partial charge in [0, 0.05) is 37.4 Å². The van der Waals surface area contributed by atoms with Crippen LogP contribution in [0.5, 0.6) is 0 Å². The Hall–Kier alpha value is -2.83. The number of hydrogen-bond acceptors (Lipinski definition) is 5. The van der Waals surface area contributed by atoms with E-state index >= 15 is 0 Å². The van der Waals surface area contributed by atoms with Gasteiger partial charge in [-0.2, -0.15) is 0 Å². The Morgan fingerprint density at radius 3 is 2.78 bits per heavy atom. The van der Waals surface area contributed by atoms with E-state index in [1.165, 1.54) is 0 Å². The standard InChI is InChI=1S/C20H23FN6.H2/c1-11(2)27-13(4)25-19-18(27)7-14(9-22-19)15-5-6-17-16(15)10-23-20(26-17)24-12(3)8-21;/h5,7,9-12H,6,8H2,1-4H3,(H,23,24,26);1H/t12-;/m0./s1. The largest absolute Gasteiger partial charge is 0.349 e. The minimum Gasteiger partial charge on any atom is -0.349 e. The van der Waals surface area contributed by atoms with Gasteiger partial charge in [0.25, 0.3) is 0 Å². The van der Waals surface area contributed by atoms with Gasteiger partial charge in [-0.25, -0.2) is 24.3 Å². The Morgan fingerprint density at radius 1 is 1.22 bits per heavy atom. The predicted molar refractivity (Wildman–Crippen MR) is 107 cm³/mol. The Kier molecular flexibility index (Phi) is 4.37. The number of hydrogen-bond donors (Lipinski definition) is 1. The highest BCUT2D eigenvalue weighted by molar-refractivity contribution is 5.87. The van der Waals surface area contributed by atoms with Crippen molar-refractivity contribution < 1.29 is 5.82 Å². The molecule has 1 atom stereocenters. The molecule has 0 saturated carbocycles. The first-order valence-corrected chi connectivity index (χ1v) is 9.21. The summed E-state index contributed by atoms with van der Waals surface area (Å²) in [6.45, 7) is 7.60. The van der Waals surface area contributed by atoms with Gasteiger partial charge in [0.05, 0.1) is 17.3 Å². The molecule has 0 radical (unpaired) electrons. The summed E-state index contributed by atoms with van der Waals surface area (Å²) in [5.74, 6) is 1.43. The second kappa shape index (κ2) is 6.72. The van der Waals surface area contributed by atoms with E-state index in [-0.39, 0.29) is 7.47 Å². The SMILES string of the molecule is Cc1nc2ncc(C3=CCc4nc(N[C@@H](C)CF)ncc43)cc2n1C(C)C.[HH]. The highest BCUT2D eigenvalue weighted by Crippen LogP contribution is 2.33. The number of fused-ring (bicyclic) bond motifs is 2. The molecular weight excluding hydrogens is 343 g/mol. The van der Waals surface area contributed by atoms with Gasteiger partial charge in [0.1, 0.15) is 12.5 Å². The van der Waals surface area contributed by atoms with E-state index in [0.717, 1.165) is 45.8 Å². The summed E-state index contributed by atoms with van der Waals surface area (Å²) < 4.78 is 14.9. The molecule has 1 N–H and O–H groups in total. The number of imidazole rings is 1. The lowest BCUT2D eigenvalue weighted by Crippen LogP contribution is -2.19. The summed E-state index contributed by atoms with van der Waals surface area (Å²) in [7, 11) is 0. The molecule has 0 spiro atoms. The molecule has 6 nitrogen and oxygen atoms in total. The van der Waals surface area contributed by atoms with Crippen molar-refractivity contribution in [2.45, 2.75) is 46.2 Å². The monoisotopic (exact) mass is 368 g/mol. The summed E-state index contributed by atoms with van der Waals surface area (Å²) in [6.07, 6.45) is 6.54.